The fourth-order valence-corrected chi connectivity index (χ4v) is 3.35. The minimum atomic E-state index is -3.50. The Morgan fingerprint density at radius 3 is 2.57 bits per heavy atom. The van der Waals surface area contributed by atoms with Crippen molar-refractivity contribution < 1.29 is 18.4 Å². The van der Waals surface area contributed by atoms with Gasteiger partial charge in [-0.05, 0) is 17.5 Å². The van der Waals surface area contributed by atoms with E-state index in [2.05, 4.69) is 9.88 Å². The predicted molar refractivity (Wildman–Crippen MR) is 82.2 cm³/mol. The number of nitrogens with zero attached hydrogens (tertiary/aromatic N) is 1. The summed E-state index contributed by atoms with van der Waals surface area (Å²) >= 11 is 0. The molecule has 0 aliphatic carbocycles. The van der Waals surface area contributed by atoms with Gasteiger partial charge in [-0.25, -0.2) is 8.42 Å². The van der Waals surface area contributed by atoms with Crippen LogP contribution in [-0.4, -0.2) is 31.8 Å². The highest BCUT2D eigenvalue weighted by molar-refractivity contribution is 7.92. The van der Waals surface area contributed by atoms with Gasteiger partial charge in [-0.15, -0.1) is 0 Å². The van der Waals surface area contributed by atoms with Crippen molar-refractivity contribution >= 4 is 21.5 Å². The Morgan fingerprint density at radius 2 is 2.00 bits per heavy atom. The van der Waals surface area contributed by atoms with Crippen LogP contribution in [0.5, 0.6) is 5.75 Å². The van der Waals surface area contributed by atoms with Gasteiger partial charge in [-0.1, -0.05) is 38.1 Å². The first-order valence-corrected chi connectivity index (χ1v) is 7.97. The maximum absolute atomic E-state index is 12.1. The number of nitrogens with two attached hydrogens (primary N) is 1. The van der Waals surface area contributed by atoms with Crippen LogP contribution in [0.15, 0.2) is 29.4 Å². The molecule has 7 nitrogen and oxygen atoms in total. The molecule has 0 radical (unpaired) electrons. The van der Waals surface area contributed by atoms with E-state index in [9.17, 15) is 8.42 Å². The normalized spacial score (nSPS) is 13.0. The van der Waals surface area contributed by atoms with E-state index < -0.39 is 10.0 Å². The Morgan fingerprint density at radius 1 is 1.38 bits per heavy atom. The lowest BCUT2D eigenvalue weighted by atomic mass is 10.0. The molecule has 0 aromatic heterocycles. The molecule has 0 fully saturated rings. The van der Waals surface area contributed by atoms with E-state index in [1.165, 1.54) is 0 Å². The molecule has 4 N–H and O–H groups in total. The third kappa shape index (κ3) is 6.35. The van der Waals surface area contributed by atoms with E-state index in [0.29, 0.717) is 11.4 Å². The average molecular weight is 315 g/mol. The quantitative estimate of drug-likeness (QED) is 0.319. The molecule has 0 spiro atoms. The Kier molecular flexibility index (Phi) is 5.42. The highest BCUT2D eigenvalue weighted by Crippen LogP contribution is 2.26. The second-order valence-electron chi connectivity index (χ2n) is 5.80. The molecule has 1 aromatic rings. The number of hydrogen-bond donors (Lipinski definition) is 3. The van der Waals surface area contributed by atoms with Gasteiger partial charge in [0.1, 0.15) is 12.4 Å². The van der Waals surface area contributed by atoms with E-state index in [0.717, 1.165) is 0 Å². The summed E-state index contributed by atoms with van der Waals surface area (Å²) in [6.07, 6.45) is 0. The molecule has 118 valence electrons. The number of sulfonamides is 1. The molecular formula is C13H21N3O4S. The Hall–Kier alpha value is -1.96. The van der Waals surface area contributed by atoms with E-state index in [1.54, 1.807) is 24.3 Å². The number of para-hydroxylation sites is 2. The van der Waals surface area contributed by atoms with E-state index in [-0.39, 0.29) is 23.6 Å². The van der Waals surface area contributed by atoms with Crippen LogP contribution in [0.4, 0.5) is 5.69 Å². The molecule has 1 aromatic carbocycles. The number of anilines is 1. The fraction of sp³-hybridized carbons (Fsp3) is 0.462. The summed E-state index contributed by atoms with van der Waals surface area (Å²) in [4.78, 5) is 0. The number of nitrogens with one attached hydrogen (secondary N) is 1. The fourth-order valence-electron chi connectivity index (χ4n) is 1.63. The summed E-state index contributed by atoms with van der Waals surface area (Å²) in [5, 5.41) is 11.3. The van der Waals surface area contributed by atoms with E-state index in [4.69, 9.17) is 15.7 Å². The molecule has 0 heterocycles. The number of amidine groups is 1. The van der Waals surface area contributed by atoms with Crippen LogP contribution in [0.1, 0.15) is 20.8 Å². The second-order valence-corrected chi connectivity index (χ2v) is 7.52. The molecule has 0 amide bonds. The van der Waals surface area contributed by atoms with Crippen LogP contribution in [-0.2, 0) is 10.0 Å². The minimum absolute atomic E-state index is 0.0193. The van der Waals surface area contributed by atoms with Gasteiger partial charge in [0.2, 0.25) is 10.0 Å². The average Bonchev–Trinajstić information content (AvgIpc) is 2.33. The number of benzene rings is 1. The van der Waals surface area contributed by atoms with Gasteiger partial charge in [0, 0.05) is 0 Å². The van der Waals surface area contributed by atoms with Crippen LogP contribution in [0.3, 0.4) is 0 Å². The summed E-state index contributed by atoms with van der Waals surface area (Å²) in [6, 6.07) is 6.57. The number of hydrogen-bond acceptors (Lipinski definition) is 5. The van der Waals surface area contributed by atoms with Crippen molar-refractivity contribution in [2.75, 3.05) is 17.1 Å². The summed E-state index contributed by atoms with van der Waals surface area (Å²) < 4.78 is 32.0. The Balaban J connectivity index is 2.89. The highest BCUT2D eigenvalue weighted by Gasteiger charge is 2.22. The SMILES string of the molecule is CC(C)(C)CS(=O)(=O)Nc1ccccc1OCC(N)=NO. The number of rotatable bonds is 6. The van der Waals surface area contributed by atoms with Crippen molar-refractivity contribution in [3.05, 3.63) is 24.3 Å². The molecule has 0 bridgehead atoms. The standard InChI is InChI=1S/C13H21N3O4S/c1-13(2,3)9-21(18,19)16-10-6-4-5-7-11(10)20-8-12(14)15-17/h4-7,16-17H,8-9H2,1-3H3,(H2,14,15). The lowest BCUT2D eigenvalue weighted by Crippen LogP contribution is -2.26. The van der Waals surface area contributed by atoms with Gasteiger partial charge in [0.25, 0.3) is 0 Å². The molecule has 1 rings (SSSR count). The number of ether oxygens (including phenoxy) is 1. The monoisotopic (exact) mass is 315 g/mol. The van der Waals surface area contributed by atoms with Crippen molar-refractivity contribution in [2.45, 2.75) is 20.8 Å². The lowest BCUT2D eigenvalue weighted by molar-refractivity contribution is 0.306. The molecule has 0 aliphatic heterocycles. The van der Waals surface area contributed by atoms with Gasteiger partial charge in [0.15, 0.2) is 5.84 Å². The van der Waals surface area contributed by atoms with Gasteiger partial charge >= 0.3 is 0 Å². The highest BCUT2D eigenvalue weighted by atomic mass is 32.2. The summed E-state index contributed by atoms with van der Waals surface area (Å²) in [5.74, 6) is 0.179. The van der Waals surface area contributed by atoms with Gasteiger partial charge in [0.05, 0.1) is 11.4 Å². The lowest BCUT2D eigenvalue weighted by Gasteiger charge is -2.19. The van der Waals surface area contributed by atoms with Crippen molar-refractivity contribution in [1.82, 2.24) is 0 Å². The molecule has 0 unspecified atom stereocenters. The van der Waals surface area contributed by atoms with Crippen molar-refractivity contribution in [3.8, 4) is 5.75 Å². The van der Waals surface area contributed by atoms with Crippen molar-refractivity contribution in [2.24, 2.45) is 16.3 Å². The maximum atomic E-state index is 12.1. The van der Waals surface area contributed by atoms with Crippen molar-refractivity contribution in [1.29, 1.82) is 0 Å². The number of oxime groups is 1. The first-order valence-electron chi connectivity index (χ1n) is 6.32. The van der Waals surface area contributed by atoms with Crippen LogP contribution in [0, 0.1) is 5.41 Å². The molecular weight excluding hydrogens is 294 g/mol. The largest absolute Gasteiger partial charge is 0.483 e. The smallest absolute Gasteiger partial charge is 0.233 e. The van der Waals surface area contributed by atoms with Crippen LogP contribution in [0.25, 0.3) is 0 Å². The maximum Gasteiger partial charge on any atom is 0.233 e. The third-order valence-electron chi connectivity index (χ3n) is 2.28. The Bertz CT molecular complexity index is 606. The molecule has 0 atom stereocenters. The first kappa shape index (κ1) is 17.1. The zero-order valence-corrected chi connectivity index (χ0v) is 13.1. The Labute approximate surface area is 124 Å². The van der Waals surface area contributed by atoms with E-state index in [1.807, 2.05) is 20.8 Å². The summed E-state index contributed by atoms with van der Waals surface area (Å²) in [5.41, 5.74) is 5.26. The summed E-state index contributed by atoms with van der Waals surface area (Å²) in [7, 11) is -3.50. The minimum Gasteiger partial charge on any atom is -0.483 e. The zero-order valence-electron chi connectivity index (χ0n) is 12.3. The van der Waals surface area contributed by atoms with Crippen LogP contribution in [0.2, 0.25) is 0 Å². The molecule has 8 heteroatoms. The van der Waals surface area contributed by atoms with Gasteiger partial charge in [-0.3, -0.25) is 4.72 Å². The topological polar surface area (TPSA) is 114 Å². The van der Waals surface area contributed by atoms with Crippen LogP contribution < -0.4 is 15.2 Å². The molecule has 21 heavy (non-hydrogen) atoms. The molecule has 0 aliphatic rings. The second kappa shape index (κ2) is 6.66. The van der Waals surface area contributed by atoms with Gasteiger partial charge < -0.3 is 15.7 Å². The van der Waals surface area contributed by atoms with Gasteiger partial charge in [-0.2, -0.15) is 0 Å². The molecule has 0 saturated carbocycles. The van der Waals surface area contributed by atoms with Crippen LogP contribution >= 0.6 is 0 Å². The summed E-state index contributed by atoms with van der Waals surface area (Å²) in [6.45, 7) is 5.38. The predicted octanol–water partition coefficient (Wildman–Crippen LogP) is 1.60. The third-order valence-corrected chi connectivity index (χ3v) is 4.06. The zero-order chi connectivity index (χ0) is 16.1. The first-order chi connectivity index (χ1) is 9.63. The van der Waals surface area contributed by atoms with E-state index >= 15 is 0 Å². The molecule has 0 saturated heterocycles. The van der Waals surface area contributed by atoms with Crippen molar-refractivity contribution in [3.63, 3.8) is 0 Å².